The second-order valence-corrected chi connectivity index (χ2v) is 6.62. The molecule has 2 N–H and O–H groups in total. The zero-order chi connectivity index (χ0) is 15.8. The number of hydrogen-bond donors (Lipinski definition) is 1. The topological polar surface area (TPSA) is 52.9 Å². The maximum atomic E-state index is 12.8. The van der Waals surface area contributed by atoms with Crippen LogP contribution in [0, 0.1) is 0 Å². The number of anilines is 1. The number of nitrogen functional groups attached to an aromatic ring is 1. The molecular weight excluding hydrogens is 286 g/mol. The third kappa shape index (κ3) is 2.86. The lowest BCUT2D eigenvalue weighted by atomic mass is 10.1. The van der Waals surface area contributed by atoms with Crippen LogP contribution >= 0.6 is 11.6 Å². The summed E-state index contributed by atoms with van der Waals surface area (Å²) in [6, 6.07) is 7.25. The molecular formula is C16H22ClN3O. The van der Waals surface area contributed by atoms with Gasteiger partial charge in [-0.1, -0.05) is 30.7 Å². The molecule has 0 bridgehead atoms. The predicted molar refractivity (Wildman–Crippen MR) is 88.8 cm³/mol. The van der Waals surface area contributed by atoms with Crippen molar-refractivity contribution in [1.29, 1.82) is 0 Å². The summed E-state index contributed by atoms with van der Waals surface area (Å²) in [7, 11) is 0. The highest BCUT2D eigenvalue weighted by Gasteiger charge is 2.26. The number of aromatic nitrogens is 2. The number of nitrogens with zero attached hydrogens (tertiary/aromatic N) is 2. The quantitative estimate of drug-likeness (QED) is 0.939. The normalized spacial score (nSPS) is 11.9. The molecule has 0 aliphatic heterocycles. The van der Waals surface area contributed by atoms with Crippen LogP contribution in [0.4, 0.5) is 5.82 Å². The molecule has 21 heavy (non-hydrogen) atoms. The molecule has 0 spiro atoms. The zero-order valence-electron chi connectivity index (χ0n) is 13.0. The van der Waals surface area contributed by atoms with Gasteiger partial charge in [-0.3, -0.25) is 9.48 Å². The zero-order valence-corrected chi connectivity index (χ0v) is 13.7. The molecule has 5 heteroatoms. The second kappa shape index (κ2) is 5.60. The Labute approximate surface area is 130 Å². The van der Waals surface area contributed by atoms with Gasteiger partial charge in [0.15, 0.2) is 0 Å². The van der Waals surface area contributed by atoms with Crippen molar-refractivity contribution < 1.29 is 0 Å². The van der Waals surface area contributed by atoms with Crippen LogP contribution in [0.15, 0.2) is 29.1 Å². The summed E-state index contributed by atoms with van der Waals surface area (Å²) in [6.07, 6.45) is 0.869. The van der Waals surface area contributed by atoms with Crippen molar-refractivity contribution in [1.82, 2.24) is 9.36 Å². The highest BCUT2D eigenvalue weighted by molar-refractivity contribution is 6.30. The molecule has 0 atom stereocenters. The minimum absolute atomic E-state index is 0.0634. The molecule has 1 aromatic carbocycles. The summed E-state index contributed by atoms with van der Waals surface area (Å²) in [4.78, 5) is 12.8. The summed E-state index contributed by atoms with van der Waals surface area (Å²) < 4.78 is 3.61. The van der Waals surface area contributed by atoms with E-state index < -0.39 is 0 Å². The minimum atomic E-state index is -0.269. The number of rotatable bonds is 3. The first kappa shape index (κ1) is 15.7. The summed E-state index contributed by atoms with van der Waals surface area (Å²) in [6.45, 7) is 8.80. The first-order valence-corrected chi connectivity index (χ1v) is 7.53. The minimum Gasteiger partial charge on any atom is -0.383 e. The SMILES string of the molecule is CCCn1c(=O)c(-c2cccc(Cl)c2)c(N)n1C(C)(C)C. The smallest absolute Gasteiger partial charge is 0.276 e. The van der Waals surface area contributed by atoms with Crippen LogP contribution in [0.1, 0.15) is 34.1 Å². The van der Waals surface area contributed by atoms with Gasteiger partial charge in [-0.15, -0.1) is 0 Å². The Morgan fingerprint density at radius 3 is 2.48 bits per heavy atom. The molecule has 0 unspecified atom stereocenters. The fourth-order valence-electron chi connectivity index (χ4n) is 2.62. The van der Waals surface area contributed by atoms with E-state index >= 15 is 0 Å². The van der Waals surface area contributed by atoms with E-state index in [4.69, 9.17) is 17.3 Å². The average Bonchev–Trinajstić information content (AvgIpc) is 2.61. The Hall–Kier alpha value is -1.68. The molecule has 2 rings (SSSR count). The summed E-state index contributed by atoms with van der Waals surface area (Å²) >= 11 is 6.04. The number of hydrogen-bond acceptors (Lipinski definition) is 2. The maximum Gasteiger partial charge on any atom is 0.276 e. The van der Waals surface area contributed by atoms with E-state index in [0.29, 0.717) is 22.9 Å². The van der Waals surface area contributed by atoms with Crippen LogP contribution in [0.25, 0.3) is 11.1 Å². The molecule has 114 valence electrons. The highest BCUT2D eigenvalue weighted by Crippen LogP contribution is 2.29. The molecule has 1 heterocycles. The van der Waals surface area contributed by atoms with Crippen LogP contribution in [0.2, 0.25) is 5.02 Å². The lowest BCUT2D eigenvalue weighted by molar-refractivity contribution is 0.293. The van der Waals surface area contributed by atoms with Gasteiger partial charge in [-0.05, 0) is 44.9 Å². The van der Waals surface area contributed by atoms with Crippen molar-refractivity contribution in [2.75, 3.05) is 5.73 Å². The van der Waals surface area contributed by atoms with Gasteiger partial charge in [0.25, 0.3) is 5.56 Å². The van der Waals surface area contributed by atoms with Crippen molar-refractivity contribution in [3.63, 3.8) is 0 Å². The molecule has 4 nitrogen and oxygen atoms in total. The second-order valence-electron chi connectivity index (χ2n) is 6.18. The van der Waals surface area contributed by atoms with Crippen molar-refractivity contribution in [3.05, 3.63) is 39.6 Å². The molecule has 2 aromatic rings. The summed E-state index contributed by atoms with van der Waals surface area (Å²) in [5.41, 5.74) is 7.26. The predicted octanol–water partition coefficient (Wildman–Crippen LogP) is 3.72. The van der Waals surface area contributed by atoms with Crippen molar-refractivity contribution in [2.45, 2.75) is 46.2 Å². The lowest BCUT2D eigenvalue weighted by Crippen LogP contribution is -2.33. The molecule has 0 radical (unpaired) electrons. The van der Waals surface area contributed by atoms with Crippen LogP contribution in [0.3, 0.4) is 0 Å². The Morgan fingerprint density at radius 2 is 1.95 bits per heavy atom. The number of nitrogens with two attached hydrogens (primary N) is 1. The molecule has 0 saturated carbocycles. The van der Waals surface area contributed by atoms with Crippen molar-refractivity contribution in [3.8, 4) is 11.1 Å². The van der Waals surface area contributed by atoms with Gasteiger partial charge in [0.2, 0.25) is 0 Å². The van der Waals surface area contributed by atoms with Crippen LogP contribution in [-0.2, 0) is 12.1 Å². The van der Waals surface area contributed by atoms with Gasteiger partial charge in [0, 0.05) is 11.6 Å². The third-order valence-electron chi connectivity index (χ3n) is 3.36. The van der Waals surface area contributed by atoms with E-state index in [1.54, 1.807) is 16.8 Å². The van der Waals surface area contributed by atoms with E-state index in [0.717, 1.165) is 12.0 Å². The van der Waals surface area contributed by atoms with Crippen LogP contribution < -0.4 is 11.3 Å². The van der Waals surface area contributed by atoms with E-state index in [-0.39, 0.29) is 11.1 Å². The first-order chi connectivity index (χ1) is 9.77. The Bertz CT molecular complexity index is 707. The van der Waals surface area contributed by atoms with E-state index in [2.05, 4.69) is 0 Å². The van der Waals surface area contributed by atoms with Gasteiger partial charge in [0.05, 0.1) is 11.1 Å². The van der Waals surface area contributed by atoms with Gasteiger partial charge >= 0.3 is 0 Å². The highest BCUT2D eigenvalue weighted by atomic mass is 35.5. The molecule has 0 fully saturated rings. The van der Waals surface area contributed by atoms with Crippen molar-refractivity contribution in [2.24, 2.45) is 0 Å². The summed E-state index contributed by atoms with van der Waals surface area (Å²) in [5.74, 6) is 0.489. The standard InChI is InChI=1S/C16H22ClN3O/c1-5-9-19-15(21)13(11-7-6-8-12(17)10-11)14(18)20(19)16(2,3)4/h6-8,10H,5,9,18H2,1-4H3. The Balaban J connectivity index is 2.77. The monoisotopic (exact) mass is 307 g/mol. The Morgan fingerprint density at radius 1 is 1.29 bits per heavy atom. The van der Waals surface area contributed by atoms with Gasteiger partial charge in [-0.25, -0.2) is 4.68 Å². The Kier molecular flexibility index (Phi) is 4.19. The molecule has 1 aromatic heterocycles. The molecule has 0 aliphatic carbocycles. The van der Waals surface area contributed by atoms with Crippen LogP contribution in [0.5, 0.6) is 0 Å². The van der Waals surface area contributed by atoms with E-state index in [9.17, 15) is 4.79 Å². The fraction of sp³-hybridized carbons (Fsp3) is 0.438. The first-order valence-electron chi connectivity index (χ1n) is 7.15. The third-order valence-corrected chi connectivity index (χ3v) is 3.59. The van der Waals surface area contributed by atoms with Gasteiger partial charge in [-0.2, -0.15) is 0 Å². The number of halogens is 1. The maximum absolute atomic E-state index is 12.8. The summed E-state index contributed by atoms with van der Waals surface area (Å²) in [5, 5.41) is 0.594. The van der Waals surface area contributed by atoms with E-state index in [1.165, 1.54) is 0 Å². The van der Waals surface area contributed by atoms with Crippen LogP contribution in [-0.4, -0.2) is 9.36 Å². The fourth-order valence-corrected chi connectivity index (χ4v) is 2.81. The van der Waals surface area contributed by atoms with Gasteiger partial charge < -0.3 is 5.73 Å². The lowest BCUT2D eigenvalue weighted by Gasteiger charge is -2.26. The largest absolute Gasteiger partial charge is 0.383 e. The van der Waals surface area contributed by atoms with Gasteiger partial charge in [0.1, 0.15) is 5.82 Å². The van der Waals surface area contributed by atoms with Crippen molar-refractivity contribution >= 4 is 17.4 Å². The molecule has 0 saturated heterocycles. The number of benzene rings is 1. The van der Waals surface area contributed by atoms with E-state index in [1.807, 2.05) is 44.5 Å². The molecule has 0 amide bonds. The molecule has 0 aliphatic rings. The average molecular weight is 308 g/mol.